The number of hydrogen-bond acceptors (Lipinski definition) is 3. The van der Waals surface area contributed by atoms with Crippen molar-refractivity contribution < 1.29 is 0 Å². The molecule has 0 unspecified atom stereocenters. The number of rotatable bonds is 2. The van der Waals surface area contributed by atoms with E-state index >= 15 is 0 Å². The molecule has 2 heterocycles. The molecule has 0 radical (unpaired) electrons. The molecule has 5 nitrogen and oxygen atoms in total. The Bertz CT molecular complexity index is 552. The standard InChI is InChI=1S/C10H14N4O/c1-4-5-14-9-8(6(2)13-14)11-7(3)12-10(9)15/h4-5H2,1-3H3,(H,11,12,15). The summed E-state index contributed by atoms with van der Waals surface area (Å²) in [7, 11) is 0. The molecule has 5 heteroatoms. The molecule has 0 saturated heterocycles. The van der Waals surface area contributed by atoms with Crippen LogP contribution in [-0.4, -0.2) is 19.7 Å². The third-order valence-corrected chi connectivity index (χ3v) is 2.32. The van der Waals surface area contributed by atoms with E-state index in [4.69, 9.17) is 0 Å². The molecular weight excluding hydrogens is 192 g/mol. The number of nitrogens with one attached hydrogen (secondary N) is 1. The van der Waals surface area contributed by atoms with Crippen LogP contribution in [0.2, 0.25) is 0 Å². The van der Waals surface area contributed by atoms with E-state index in [0.29, 0.717) is 16.9 Å². The first-order chi connectivity index (χ1) is 7.13. The normalized spacial score (nSPS) is 11.1. The van der Waals surface area contributed by atoms with Crippen LogP contribution < -0.4 is 5.56 Å². The molecule has 0 amide bonds. The smallest absolute Gasteiger partial charge is 0.277 e. The van der Waals surface area contributed by atoms with Crippen molar-refractivity contribution in [1.29, 1.82) is 0 Å². The minimum Gasteiger partial charge on any atom is -0.309 e. The van der Waals surface area contributed by atoms with Gasteiger partial charge in [-0.05, 0) is 20.3 Å². The van der Waals surface area contributed by atoms with Gasteiger partial charge in [-0.15, -0.1) is 0 Å². The molecule has 0 aromatic carbocycles. The van der Waals surface area contributed by atoms with E-state index in [9.17, 15) is 4.79 Å². The second-order valence-electron chi connectivity index (χ2n) is 3.66. The van der Waals surface area contributed by atoms with Crippen LogP contribution in [0.15, 0.2) is 4.79 Å². The zero-order chi connectivity index (χ0) is 11.0. The zero-order valence-electron chi connectivity index (χ0n) is 9.16. The number of aromatic nitrogens is 4. The lowest BCUT2D eigenvalue weighted by Gasteiger charge is -1.99. The van der Waals surface area contributed by atoms with Crippen molar-refractivity contribution in [3.05, 3.63) is 21.9 Å². The Kier molecular flexibility index (Phi) is 2.30. The van der Waals surface area contributed by atoms with E-state index in [0.717, 1.165) is 18.7 Å². The van der Waals surface area contributed by atoms with Gasteiger partial charge in [0.25, 0.3) is 5.56 Å². The third kappa shape index (κ3) is 1.54. The van der Waals surface area contributed by atoms with E-state index in [-0.39, 0.29) is 5.56 Å². The topological polar surface area (TPSA) is 63.6 Å². The Morgan fingerprint density at radius 1 is 1.40 bits per heavy atom. The molecule has 2 aromatic rings. The predicted molar refractivity (Wildman–Crippen MR) is 57.9 cm³/mol. The fraction of sp³-hybridized carbons (Fsp3) is 0.500. The summed E-state index contributed by atoms with van der Waals surface area (Å²) in [5.41, 5.74) is 2.00. The summed E-state index contributed by atoms with van der Waals surface area (Å²) >= 11 is 0. The minimum atomic E-state index is -0.105. The van der Waals surface area contributed by atoms with Crippen LogP contribution in [0.1, 0.15) is 24.9 Å². The summed E-state index contributed by atoms with van der Waals surface area (Å²) in [5.74, 6) is 0.631. The molecule has 1 N–H and O–H groups in total. The Hall–Kier alpha value is -1.65. The Balaban J connectivity index is 2.81. The number of aryl methyl sites for hydroxylation is 3. The summed E-state index contributed by atoms with van der Waals surface area (Å²) < 4.78 is 1.73. The summed E-state index contributed by atoms with van der Waals surface area (Å²) in [6.45, 7) is 6.45. The van der Waals surface area contributed by atoms with Crippen LogP contribution in [0.25, 0.3) is 11.0 Å². The predicted octanol–water partition coefficient (Wildman–Crippen LogP) is 1.15. The van der Waals surface area contributed by atoms with Crippen LogP contribution in [0.4, 0.5) is 0 Å². The van der Waals surface area contributed by atoms with Gasteiger partial charge in [-0.25, -0.2) is 4.98 Å². The monoisotopic (exact) mass is 206 g/mol. The Labute approximate surface area is 87.1 Å². The van der Waals surface area contributed by atoms with Crippen molar-refractivity contribution >= 4 is 11.0 Å². The van der Waals surface area contributed by atoms with Gasteiger partial charge in [0.15, 0.2) is 5.52 Å². The molecule has 15 heavy (non-hydrogen) atoms. The largest absolute Gasteiger partial charge is 0.309 e. The Morgan fingerprint density at radius 2 is 2.13 bits per heavy atom. The molecule has 0 bridgehead atoms. The highest BCUT2D eigenvalue weighted by Crippen LogP contribution is 2.11. The van der Waals surface area contributed by atoms with Crippen molar-refractivity contribution in [2.45, 2.75) is 33.7 Å². The second-order valence-corrected chi connectivity index (χ2v) is 3.66. The van der Waals surface area contributed by atoms with Gasteiger partial charge in [0, 0.05) is 6.54 Å². The quantitative estimate of drug-likeness (QED) is 0.801. The lowest BCUT2D eigenvalue weighted by Crippen LogP contribution is -2.14. The number of nitrogens with zero attached hydrogens (tertiary/aromatic N) is 3. The van der Waals surface area contributed by atoms with Crippen LogP contribution in [0, 0.1) is 13.8 Å². The summed E-state index contributed by atoms with van der Waals surface area (Å²) in [5, 5.41) is 4.32. The lowest BCUT2D eigenvalue weighted by molar-refractivity contribution is 0.615. The summed E-state index contributed by atoms with van der Waals surface area (Å²) in [4.78, 5) is 18.7. The maximum Gasteiger partial charge on any atom is 0.277 e. The van der Waals surface area contributed by atoms with Gasteiger partial charge in [0.05, 0.1) is 5.69 Å². The van der Waals surface area contributed by atoms with Gasteiger partial charge >= 0.3 is 0 Å². The van der Waals surface area contributed by atoms with E-state index < -0.39 is 0 Å². The number of H-pyrrole nitrogens is 1. The van der Waals surface area contributed by atoms with Gasteiger partial charge in [-0.3, -0.25) is 9.48 Å². The molecule has 0 aliphatic heterocycles. The van der Waals surface area contributed by atoms with Gasteiger partial charge in [0.2, 0.25) is 0 Å². The first kappa shape index (κ1) is 9.89. The molecule has 2 aromatic heterocycles. The maximum absolute atomic E-state index is 11.8. The molecule has 0 atom stereocenters. The van der Waals surface area contributed by atoms with Crippen molar-refractivity contribution in [1.82, 2.24) is 19.7 Å². The first-order valence-corrected chi connectivity index (χ1v) is 5.07. The van der Waals surface area contributed by atoms with E-state index in [1.54, 1.807) is 11.6 Å². The molecular formula is C10H14N4O. The third-order valence-electron chi connectivity index (χ3n) is 2.32. The molecule has 0 aliphatic rings. The molecule has 0 spiro atoms. The minimum absolute atomic E-state index is 0.105. The molecule has 0 fully saturated rings. The van der Waals surface area contributed by atoms with E-state index in [1.165, 1.54) is 0 Å². The second kappa shape index (κ2) is 3.49. The van der Waals surface area contributed by atoms with Crippen molar-refractivity contribution in [2.75, 3.05) is 0 Å². The van der Waals surface area contributed by atoms with E-state index in [2.05, 4.69) is 22.0 Å². The van der Waals surface area contributed by atoms with Gasteiger partial charge in [-0.2, -0.15) is 5.10 Å². The van der Waals surface area contributed by atoms with Crippen LogP contribution in [-0.2, 0) is 6.54 Å². The molecule has 0 aliphatic carbocycles. The zero-order valence-corrected chi connectivity index (χ0v) is 9.16. The Morgan fingerprint density at radius 3 is 2.80 bits per heavy atom. The number of hydrogen-bond donors (Lipinski definition) is 1. The van der Waals surface area contributed by atoms with Gasteiger partial charge in [-0.1, -0.05) is 6.92 Å². The number of aromatic amines is 1. The fourth-order valence-electron chi connectivity index (χ4n) is 1.72. The summed E-state index contributed by atoms with van der Waals surface area (Å²) in [6.07, 6.45) is 0.948. The van der Waals surface area contributed by atoms with Gasteiger partial charge < -0.3 is 4.98 Å². The average Bonchev–Trinajstić information content (AvgIpc) is 2.44. The first-order valence-electron chi connectivity index (χ1n) is 5.07. The highest BCUT2D eigenvalue weighted by Gasteiger charge is 2.11. The van der Waals surface area contributed by atoms with Gasteiger partial charge in [0.1, 0.15) is 11.3 Å². The molecule has 80 valence electrons. The fourth-order valence-corrected chi connectivity index (χ4v) is 1.72. The van der Waals surface area contributed by atoms with Crippen molar-refractivity contribution in [3.8, 4) is 0 Å². The lowest BCUT2D eigenvalue weighted by atomic mass is 10.3. The van der Waals surface area contributed by atoms with Crippen LogP contribution in [0.5, 0.6) is 0 Å². The number of fused-ring (bicyclic) bond motifs is 1. The molecule has 2 rings (SSSR count). The van der Waals surface area contributed by atoms with E-state index in [1.807, 2.05) is 6.92 Å². The van der Waals surface area contributed by atoms with Crippen LogP contribution in [0.3, 0.4) is 0 Å². The maximum atomic E-state index is 11.8. The highest BCUT2D eigenvalue weighted by atomic mass is 16.1. The highest BCUT2D eigenvalue weighted by molar-refractivity contribution is 5.76. The van der Waals surface area contributed by atoms with Crippen LogP contribution >= 0.6 is 0 Å². The van der Waals surface area contributed by atoms with Crippen molar-refractivity contribution in [2.24, 2.45) is 0 Å². The average molecular weight is 206 g/mol. The molecule has 0 saturated carbocycles. The summed E-state index contributed by atoms with van der Waals surface area (Å²) in [6, 6.07) is 0. The van der Waals surface area contributed by atoms with Crippen molar-refractivity contribution in [3.63, 3.8) is 0 Å². The SMILES string of the molecule is CCCn1nc(C)c2nc(C)[nH]c(=O)c21.